The first-order valence-electron chi connectivity index (χ1n) is 12.6. The molecule has 3 heterocycles. The molecule has 0 radical (unpaired) electrons. The normalized spacial score (nSPS) is 13.3. The number of aromatic nitrogens is 4. The van der Waals surface area contributed by atoms with Crippen LogP contribution in [0.4, 0.5) is 0 Å². The van der Waals surface area contributed by atoms with E-state index in [2.05, 4.69) is 38.1 Å². The second kappa shape index (κ2) is 11.5. The number of hydrogen-bond donors (Lipinski definition) is 0. The molecule has 1 aliphatic heterocycles. The maximum Gasteiger partial charge on any atom is 0.233 e. The number of halogens is 1. The molecule has 0 fully saturated rings. The lowest BCUT2D eigenvalue weighted by Crippen LogP contribution is -2.31. The Hall–Kier alpha value is -4.48. The lowest BCUT2D eigenvalue weighted by molar-refractivity contribution is -0.129. The number of rotatable bonds is 7. The van der Waals surface area contributed by atoms with Crippen molar-refractivity contribution in [2.24, 2.45) is 0 Å². The van der Waals surface area contributed by atoms with Crippen LogP contribution in [0.3, 0.4) is 0 Å². The van der Waals surface area contributed by atoms with Crippen LogP contribution < -0.4 is 0 Å². The fourth-order valence-electron chi connectivity index (χ4n) is 4.75. The van der Waals surface area contributed by atoms with E-state index in [-0.39, 0.29) is 12.3 Å². The third kappa shape index (κ3) is 5.54. The number of allylic oxidation sites excluding steroid dienone is 4. The number of hydrogen-bond acceptors (Lipinski definition) is 4. The van der Waals surface area contributed by atoms with Crippen LogP contribution in [0.5, 0.6) is 0 Å². The fraction of sp³-hybridized carbons (Fsp3) is 0.161. The maximum absolute atomic E-state index is 13.9. The zero-order chi connectivity index (χ0) is 27.4. The first-order valence-corrected chi connectivity index (χ1v) is 13.4. The molecular formula is C31H27BrN6O. The van der Waals surface area contributed by atoms with Crippen LogP contribution in [-0.2, 0) is 30.8 Å². The Labute approximate surface area is 236 Å². The van der Waals surface area contributed by atoms with Crippen LogP contribution in [0.15, 0.2) is 108 Å². The topological polar surface area (TPSA) is 79.7 Å². The molecule has 39 heavy (non-hydrogen) atoms. The summed E-state index contributed by atoms with van der Waals surface area (Å²) in [5, 5.41) is 9.07. The lowest BCUT2D eigenvalue weighted by atomic mass is 10.1. The summed E-state index contributed by atoms with van der Waals surface area (Å²) < 4.78 is 5.04. The van der Waals surface area contributed by atoms with Gasteiger partial charge in [0.25, 0.3) is 0 Å². The molecule has 0 unspecified atom stereocenters. The Balaban J connectivity index is 1.45. The summed E-state index contributed by atoms with van der Waals surface area (Å²) in [6.45, 7) is 7.47. The molecule has 0 saturated heterocycles. The number of carbonyl (C=O) groups excluding carboxylic acids is 1. The van der Waals surface area contributed by atoms with Crippen molar-refractivity contribution in [3.8, 4) is 17.3 Å². The van der Waals surface area contributed by atoms with E-state index in [0.717, 1.165) is 44.1 Å². The van der Waals surface area contributed by atoms with Crippen LogP contribution in [-0.4, -0.2) is 29.9 Å². The molecule has 0 aliphatic carbocycles. The summed E-state index contributed by atoms with van der Waals surface area (Å²) in [7, 11) is 0. The molecule has 0 atom stereocenters. The number of imidazole rings is 2. The minimum atomic E-state index is -0.0626. The summed E-state index contributed by atoms with van der Waals surface area (Å²) in [5.74, 6) is 0.742. The van der Waals surface area contributed by atoms with E-state index in [4.69, 9.17) is 10.2 Å². The molecular weight excluding hydrogens is 552 g/mol. The van der Waals surface area contributed by atoms with Crippen molar-refractivity contribution in [3.63, 3.8) is 0 Å². The largest absolute Gasteiger partial charge is 0.330 e. The average Bonchev–Trinajstić information content (AvgIpc) is 3.51. The Morgan fingerprint density at radius 1 is 1.18 bits per heavy atom. The third-order valence-corrected chi connectivity index (χ3v) is 7.39. The molecule has 0 N–H and O–H groups in total. The molecule has 0 bridgehead atoms. The number of benzene rings is 2. The number of fused-ring (bicyclic) bond motifs is 1. The van der Waals surface area contributed by atoms with Gasteiger partial charge in [0.1, 0.15) is 5.82 Å². The molecule has 0 spiro atoms. The van der Waals surface area contributed by atoms with Gasteiger partial charge in [-0.2, -0.15) is 5.26 Å². The van der Waals surface area contributed by atoms with Gasteiger partial charge in [0.2, 0.25) is 5.91 Å². The molecule has 2 aromatic heterocycles. The van der Waals surface area contributed by atoms with Crippen LogP contribution in [0, 0.1) is 11.3 Å². The van der Waals surface area contributed by atoms with Gasteiger partial charge in [-0.05, 0) is 42.3 Å². The van der Waals surface area contributed by atoms with E-state index in [0.29, 0.717) is 25.2 Å². The first-order chi connectivity index (χ1) is 19.0. The molecule has 2 aromatic carbocycles. The standard InChI is InChI=1S/C31H27BrN6O/c1-3-7-24-18-36-19-28(26-8-5-6-9-27(26)32)35-30(36)20-38(29(24)4-2)31(39)14-25-16-34-21-37(25)17-23-12-10-22(15-33)11-13-23/h3-13,16,19,21H,2,14,17-18,20H2,1H3/b7-3-. The molecule has 4 aromatic rings. The van der Waals surface area contributed by atoms with E-state index in [9.17, 15) is 4.79 Å². The molecule has 7 nitrogen and oxygen atoms in total. The predicted octanol–water partition coefficient (Wildman–Crippen LogP) is 6.03. The highest BCUT2D eigenvalue weighted by molar-refractivity contribution is 9.10. The quantitative estimate of drug-likeness (QED) is 0.268. The van der Waals surface area contributed by atoms with Gasteiger partial charge in [-0.1, -0.05) is 65.0 Å². The van der Waals surface area contributed by atoms with Crippen molar-refractivity contribution < 1.29 is 4.79 Å². The number of amides is 1. The van der Waals surface area contributed by atoms with Crippen molar-refractivity contribution >= 4 is 21.8 Å². The summed E-state index contributed by atoms with van der Waals surface area (Å²) in [6.07, 6.45) is 11.4. The second-order valence-corrected chi connectivity index (χ2v) is 10.1. The van der Waals surface area contributed by atoms with Gasteiger partial charge >= 0.3 is 0 Å². The van der Waals surface area contributed by atoms with Crippen molar-refractivity contribution in [2.45, 2.75) is 33.0 Å². The molecule has 194 valence electrons. The van der Waals surface area contributed by atoms with Crippen molar-refractivity contribution in [1.82, 2.24) is 24.0 Å². The van der Waals surface area contributed by atoms with Crippen LogP contribution in [0.25, 0.3) is 11.3 Å². The fourth-order valence-corrected chi connectivity index (χ4v) is 5.24. The lowest BCUT2D eigenvalue weighted by Gasteiger charge is -2.23. The zero-order valence-corrected chi connectivity index (χ0v) is 23.2. The van der Waals surface area contributed by atoms with Crippen LogP contribution in [0.2, 0.25) is 0 Å². The van der Waals surface area contributed by atoms with Crippen molar-refractivity contribution in [1.29, 1.82) is 5.26 Å². The van der Waals surface area contributed by atoms with Gasteiger partial charge in [0.15, 0.2) is 0 Å². The van der Waals surface area contributed by atoms with Gasteiger partial charge in [-0.15, -0.1) is 0 Å². The SMILES string of the molecule is C=CC1=C(/C=C\C)Cn2cc(-c3ccccc3Br)nc2CN1C(=O)Cc1cncn1Cc1ccc(C#N)cc1. The molecule has 5 rings (SSSR count). The molecule has 8 heteroatoms. The van der Waals surface area contributed by atoms with Gasteiger partial charge in [-0.25, -0.2) is 9.97 Å². The van der Waals surface area contributed by atoms with Crippen LogP contribution in [0.1, 0.15) is 29.6 Å². The highest BCUT2D eigenvalue weighted by Crippen LogP contribution is 2.30. The van der Waals surface area contributed by atoms with Gasteiger partial charge in [-0.3, -0.25) is 4.79 Å². The predicted molar refractivity (Wildman–Crippen MR) is 154 cm³/mol. The number of carbonyl (C=O) groups is 1. The molecule has 0 saturated carbocycles. The molecule has 1 aliphatic rings. The Bertz CT molecular complexity index is 1630. The van der Waals surface area contributed by atoms with Gasteiger partial charge < -0.3 is 14.0 Å². The van der Waals surface area contributed by atoms with Gasteiger partial charge in [0, 0.05) is 40.4 Å². The van der Waals surface area contributed by atoms with Crippen molar-refractivity contribution in [3.05, 3.63) is 130 Å². The third-order valence-electron chi connectivity index (χ3n) is 6.70. The Morgan fingerprint density at radius 2 is 1.97 bits per heavy atom. The van der Waals surface area contributed by atoms with E-state index < -0.39 is 0 Å². The number of nitriles is 1. The van der Waals surface area contributed by atoms with E-state index >= 15 is 0 Å². The summed E-state index contributed by atoms with van der Waals surface area (Å²) in [5.41, 5.74) is 6.07. The van der Waals surface area contributed by atoms with E-state index in [1.807, 2.05) is 66.2 Å². The summed E-state index contributed by atoms with van der Waals surface area (Å²) in [4.78, 5) is 24.9. The second-order valence-electron chi connectivity index (χ2n) is 9.24. The molecule has 1 amide bonds. The summed E-state index contributed by atoms with van der Waals surface area (Å²) in [6, 6.07) is 17.6. The first kappa shape index (κ1) is 26.1. The van der Waals surface area contributed by atoms with Gasteiger partial charge in [0.05, 0.1) is 43.2 Å². The Kier molecular flexibility index (Phi) is 7.71. The monoisotopic (exact) mass is 578 g/mol. The minimum Gasteiger partial charge on any atom is -0.330 e. The van der Waals surface area contributed by atoms with E-state index in [1.54, 1.807) is 35.6 Å². The van der Waals surface area contributed by atoms with E-state index in [1.165, 1.54) is 0 Å². The highest BCUT2D eigenvalue weighted by Gasteiger charge is 2.27. The van der Waals surface area contributed by atoms with Crippen molar-refractivity contribution in [2.75, 3.05) is 0 Å². The zero-order valence-electron chi connectivity index (χ0n) is 21.6. The number of nitrogens with zero attached hydrogens (tertiary/aromatic N) is 6. The summed E-state index contributed by atoms with van der Waals surface area (Å²) >= 11 is 3.64. The highest BCUT2D eigenvalue weighted by atomic mass is 79.9. The minimum absolute atomic E-state index is 0.0626. The smallest absolute Gasteiger partial charge is 0.233 e. The Morgan fingerprint density at radius 3 is 2.69 bits per heavy atom. The maximum atomic E-state index is 13.9. The van der Waals surface area contributed by atoms with Crippen LogP contribution >= 0.6 is 15.9 Å². The average molecular weight is 580 g/mol.